The molecule has 58 heavy (non-hydrogen) atoms. The molecule has 320 valence electrons. The number of nitrogen functional groups attached to an aromatic ring is 1. The lowest BCUT2D eigenvalue weighted by molar-refractivity contribution is -0.152. The lowest BCUT2D eigenvalue weighted by Gasteiger charge is -2.19. The number of ketones is 1. The highest BCUT2D eigenvalue weighted by atomic mass is 31.2. The van der Waals surface area contributed by atoms with E-state index in [1.165, 1.54) is 36.5 Å². The van der Waals surface area contributed by atoms with E-state index in [0.717, 1.165) is 10.1 Å². The minimum Gasteiger partial charge on any atom is -0.508 e. The fourth-order valence-corrected chi connectivity index (χ4v) is 4.71. The van der Waals surface area contributed by atoms with Crippen molar-refractivity contribution < 1.29 is 88.4 Å². The standard InChI is InChI=1S/C11H16N2O2.C9H14N3O8P.C9H8O4.C4H6O5/c1-13(2)12-10(11(14)15)8-9-6-4-3-5-7-9;10-5-1-2-12(9(15)11-5)8-7(14)6(13)4(20-8)3-19-21(16,17)18;10-7-3-1-6(2-4-7)5-8(11)9(12)13;5-2(4(8)9)1-3(6)7/h3-7,10,12H,8H2,1-2H3,(H,14,15);1-2,4,6-8,13-14H,3H2,(H2,10,11,15)(H2,16,17,18);1-4,10H,5H2,(H,12,13);2,5H,1H2,(H,6,7)(H,8,9)/t;4-,6-,7-,8?;;/m.1../s1. The third-order valence-corrected chi connectivity index (χ3v) is 7.54. The number of phosphoric acid groups is 1. The number of Topliss-reactive ketones (excluding diaryl/α,β-unsaturated/α-hetero) is 1. The number of aliphatic carboxylic acids is 4. The number of phosphoric ester groups is 1. The maximum absolute atomic E-state index is 11.6. The first-order valence-electron chi connectivity index (χ1n) is 16.3. The van der Waals surface area contributed by atoms with E-state index in [1.54, 1.807) is 19.1 Å². The third-order valence-electron chi connectivity index (χ3n) is 7.06. The summed E-state index contributed by atoms with van der Waals surface area (Å²) in [6.45, 7) is -0.657. The molecule has 0 radical (unpaired) electrons. The van der Waals surface area contributed by atoms with Crippen LogP contribution in [-0.4, -0.2) is 146 Å². The van der Waals surface area contributed by atoms with E-state index in [-0.39, 0.29) is 18.0 Å². The summed E-state index contributed by atoms with van der Waals surface area (Å²) in [6, 6.07) is 16.1. The Morgan fingerprint density at radius 3 is 1.97 bits per heavy atom. The number of aromatic hydroxyl groups is 1. The van der Waals surface area contributed by atoms with Crippen LogP contribution in [0.2, 0.25) is 0 Å². The molecule has 24 nitrogen and oxygen atoms in total. The lowest BCUT2D eigenvalue weighted by atomic mass is 10.1. The highest BCUT2D eigenvalue weighted by Gasteiger charge is 2.45. The van der Waals surface area contributed by atoms with Crippen LogP contribution >= 0.6 is 7.82 Å². The van der Waals surface area contributed by atoms with Gasteiger partial charge in [-0.15, -0.1) is 0 Å². The van der Waals surface area contributed by atoms with Gasteiger partial charge in [-0.05, 0) is 35.7 Å². The Hall–Kier alpha value is -5.66. The average Bonchev–Trinajstić information content (AvgIpc) is 3.40. The molecule has 4 rings (SSSR count). The van der Waals surface area contributed by atoms with Crippen molar-refractivity contribution in [3.8, 4) is 5.75 Å². The van der Waals surface area contributed by atoms with Gasteiger partial charge in [0, 0.05) is 26.7 Å². The molecule has 1 fully saturated rings. The van der Waals surface area contributed by atoms with Gasteiger partial charge in [-0.3, -0.25) is 23.5 Å². The largest absolute Gasteiger partial charge is 0.508 e. The second kappa shape index (κ2) is 24.2. The highest BCUT2D eigenvalue weighted by molar-refractivity contribution is 7.46. The first kappa shape index (κ1) is 50.4. The van der Waals surface area contributed by atoms with Gasteiger partial charge in [0.25, 0.3) is 0 Å². The monoisotopic (exact) mass is 845 g/mol. The summed E-state index contributed by atoms with van der Waals surface area (Å²) in [4.78, 5) is 83.6. The Balaban J connectivity index is 0.000000405. The zero-order valence-electron chi connectivity index (χ0n) is 30.7. The molecule has 2 aromatic carbocycles. The van der Waals surface area contributed by atoms with Gasteiger partial charge < -0.3 is 61.1 Å². The number of nitrogens with zero attached hydrogens (tertiary/aromatic N) is 3. The predicted octanol–water partition coefficient (Wildman–Crippen LogP) is -2.20. The highest BCUT2D eigenvalue weighted by Crippen LogP contribution is 2.38. The molecule has 13 N–H and O–H groups in total. The number of aliphatic hydroxyl groups excluding tert-OH is 3. The molecule has 3 unspecified atom stereocenters. The number of benzene rings is 2. The molecule has 2 heterocycles. The number of hydrogen-bond donors (Lipinski definition) is 12. The summed E-state index contributed by atoms with van der Waals surface area (Å²) >= 11 is 0. The molecule has 1 aliphatic rings. The summed E-state index contributed by atoms with van der Waals surface area (Å²) in [5, 5.41) is 71.6. The fourth-order valence-electron chi connectivity index (χ4n) is 4.36. The number of nitrogens with one attached hydrogen (secondary N) is 1. The number of carboxylic acid groups (broad SMARTS) is 4. The number of ether oxygens (including phenoxy) is 1. The number of phenols is 1. The minimum absolute atomic E-state index is 0.0225. The van der Waals surface area contributed by atoms with Crippen LogP contribution in [0.5, 0.6) is 5.75 Å². The fraction of sp³-hybridized carbons (Fsp3) is 0.364. The topological polar surface area (TPSA) is 399 Å². The van der Waals surface area contributed by atoms with Gasteiger partial charge in [0.2, 0.25) is 5.78 Å². The summed E-state index contributed by atoms with van der Waals surface area (Å²) in [7, 11) is -1.18. The predicted molar refractivity (Wildman–Crippen MR) is 196 cm³/mol. The number of carbonyl (C=O) groups excluding carboxylic acids is 1. The molecule has 6 atom stereocenters. The van der Waals surface area contributed by atoms with Crippen LogP contribution in [0.25, 0.3) is 0 Å². The summed E-state index contributed by atoms with van der Waals surface area (Å²) < 4.78 is 20.9. The molecule has 0 amide bonds. The molecule has 0 saturated carbocycles. The minimum atomic E-state index is -4.74. The van der Waals surface area contributed by atoms with Gasteiger partial charge >= 0.3 is 37.4 Å². The number of hydrazine groups is 1. The van der Waals surface area contributed by atoms with Crippen molar-refractivity contribution in [3.63, 3.8) is 0 Å². The van der Waals surface area contributed by atoms with E-state index < -0.39 is 92.9 Å². The average molecular weight is 846 g/mol. The smallest absolute Gasteiger partial charge is 0.469 e. The number of phenolic OH excluding ortho intramolecular Hbond substituents is 1. The van der Waals surface area contributed by atoms with Gasteiger partial charge in [0.1, 0.15) is 35.9 Å². The van der Waals surface area contributed by atoms with Gasteiger partial charge in [-0.25, -0.2) is 29.4 Å². The van der Waals surface area contributed by atoms with Crippen LogP contribution < -0.4 is 16.8 Å². The Morgan fingerprint density at radius 2 is 1.52 bits per heavy atom. The number of aliphatic hydroxyl groups is 3. The number of nitrogens with two attached hydrogens (primary N) is 1. The summed E-state index contributed by atoms with van der Waals surface area (Å²) in [5.74, 6) is -5.91. The zero-order valence-corrected chi connectivity index (χ0v) is 31.6. The van der Waals surface area contributed by atoms with Crippen molar-refractivity contribution in [2.75, 3.05) is 26.4 Å². The van der Waals surface area contributed by atoms with Crippen LogP contribution in [0.15, 0.2) is 71.7 Å². The maximum Gasteiger partial charge on any atom is 0.469 e. The van der Waals surface area contributed by atoms with Crippen molar-refractivity contribution in [2.24, 2.45) is 0 Å². The Morgan fingerprint density at radius 1 is 0.931 bits per heavy atom. The summed E-state index contributed by atoms with van der Waals surface area (Å²) in [5.41, 5.74) is 8.97. The molecule has 0 bridgehead atoms. The van der Waals surface area contributed by atoms with E-state index in [0.29, 0.717) is 12.0 Å². The van der Waals surface area contributed by atoms with Gasteiger partial charge in [0.15, 0.2) is 12.3 Å². The maximum atomic E-state index is 11.6. The Labute approximate surface area is 328 Å². The molecule has 1 aromatic heterocycles. The molecule has 1 saturated heterocycles. The number of aromatic nitrogens is 2. The van der Waals surface area contributed by atoms with Crippen molar-refractivity contribution in [3.05, 3.63) is 88.5 Å². The number of rotatable bonds is 15. The second-order valence-electron chi connectivity index (χ2n) is 12.0. The van der Waals surface area contributed by atoms with E-state index in [4.69, 9.17) is 50.9 Å². The van der Waals surface area contributed by atoms with Crippen LogP contribution in [-0.2, 0) is 50.6 Å². The van der Waals surface area contributed by atoms with Crippen molar-refractivity contribution >= 4 is 43.3 Å². The van der Waals surface area contributed by atoms with Gasteiger partial charge in [0.05, 0.1) is 13.0 Å². The van der Waals surface area contributed by atoms with E-state index in [1.807, 2.05) is 30.3 Å². The lowest BCUT2D eigenvalue weighted by Crippen LogP contribution is -2.45. The number of anilines is 1. The first-order valence-corrected chi connectivity index (χ1v) is 17.9. The molecular weight excluding hydrogens is 801 g/mol. The van der Waals surface area contributed by atoms with E-state index in [2.05, 4.69) is 14.9 Å². The molecule has 0 spiro atoms. The van der Waals surface area contributed by atoms with Crippen LogP contribution in [0.4, 0.5) is 5.82 Å². The number of carbonyl (C=O) groups is 5. The van der Waals surface area contributed by atoms with Crippen LogP contribution in [0.3, 0.4) is 0 Å². The van der Waals surface area contributed by atoms with E-state index in [9.17, 15) is 43.5 Å². The first-order chi connectivity index (χ1) is 26.9. The SMILES string of the molecule is CN(C)NC(Cc1ccccc1)C(=O)O.Nc1ccn(C2O[C@H](COP(=O)(O)O)[C@@H](O)[C@H]2O)c(=O)n1.O=C(O)C(=O)Cc1ccc(O)cc1.O=C(O)CC(O)C(=O)O. The zero-order chi connectivity index (χ0) is 44.3. The Bertz CT molecular complexity index is 1910. The normalized spacial score (nSPS) is 18.1. The number of carboxylic acids is 4. The molecular formula is C33H44N5O19P. The van der Waals surface area contributed by atoms with Crippen molar-refractivity contribution in [1.82, 2.24) is 20.0 Å². The van der Waals surface area contributed by atoms with Crippen LogP contribution in [0.1, 0.15) is 23.8 Å². The van der Waals surface area contributed by atoms with Crippen LogP contribution in [0, 0.1) is 0 Å². The molecule has 25 heteroatoms. The third kappa shape index (κ3) is 19.5. The molecule has 3 aromatic rings. The Kier molecular flexibility index (Phi) is 21.0. The van der Waals surface area contributed by atoms with E-state index >= 15 is 0 Å². The van der Waals surface area contributed by atoms with Crippen molar-refractivity contribution in [2.45, 2.75) is 55.9 Å². The second-order valence-corrected chi connectivity index (χ2v) is 13.2. The molecule has 1 aliphatic heterocycles. The van der Waals surface area contributed by atoms with Gasteiger partial charge in [-0.2, -0.15) is 4.98 Å². The number of hydrogen-bond acceptors (Lipinski definition) is 17. The quantitative estimate of drug-likeness (QED) is 0.0438. The molecule has 0 aliphatic carbocycles. The van der Waals surface area contributed by atoms with Crippen molar-refractivity contribution in [1.29, 1.82) is 0 Å². The summed E-state index contributed by atoms with van der Waals surface area (Å²) in [6.07, 6.45) is -6.48. The van der Waals surface area contributed by atoms with Gasteiger partial charge in [-0.1, -0.05) is 42.5 Å².